The Bertz CT molecular complexity index is 531. The molecule has 0 unspecified atom stereocenters. The van der Waals surface area contributed by atoms with Crippen LogP contribution in [-0.4, -0.2) is 16.1 Å². The van der Waals surface area contributed by atoms with Crippen LogP contribution in [0.1, 0.15) is 33.8 Å². The second-order valence-electron chi connectivity index (χ2n) is 4.11. The summed E-state index contributed by atoms with van der Waals surface area (Å²) in [6.07, 6.45) is 4.53. The molecule has 4 heteroatoms. The predicted octanol–water partition coefficient (Wildman–Crippen LogP) is 2.87. The number of pyridine rings is 1. The lowest BCUT2D eigenvalue weighted by molar-refractivity contribution is 0.0702. The highest BCUT2D eigenvalue weighted by atomic mass is 32.1. The lowest BCUT2D eigenvalue weighted by Gasteiger charge is -2.13. The summed E-state index contributed by atoms with van der Waals surface area (Å²) in [5.74, 6) is -0.860. The Morgan fingerprint density at radius 3 is 2.94 bits per heavy atom. The third-order valence-corrected chi connectivity index (χ3v) is 4.03. The van der Waals surface area contributed by atoms with Gasteiger partial charge in [0.15, 0.2) is 0 Å². The summed E-state index contributed by atoms with van der Waals surface area (Å²) >= 11 is 1.27. The van der Waals surface area contributed by atoms with Gasteiger partial charge in [-0.1, -0.05) is 0 Å². The third-order valence-electron chi connectivity index (χ3n) is 3.00. The van der Waals surface area contributed by atoms with E-state index in [0.717, 1.165) is 28.8 Å². The first-order chi connectivity index (χ1) is 7.74. The molecule has 82 valence electrons. The summed E-state index contributed by atoms with van der Waals surface area (Å²) in [5.41, 5.74) is 2.46. The Morgan fingerprint density at radius 1 is 1.31 bits per heavy atom. The number of nitrogens with zero attached hydrogens (tertiary/aromatic N) is 1. The molecule has 0 atom stereocenters. The number of aromatic nitrogens is 1. The molecule has 0 saturated heterocycles. The average molecular weight is 233 g/mol. The van der Waals surface area contributed by atoms with Crippen LogP contribution in [0.5, 0.6) is 0 Å². The Kier molecular flexibility index (Phi) is 2.17. The molecule has 1 aliphatic carbocycles. The zero-order valence-corrected chi connectivity index (χ0v) is 9.51. The lowest BCUT2D eigenvalue weighted by atomic mass is 9.96. The van der Waals surface area contributed by atoms with Gasteiger partial charge < -0.3 is 5.11 Å². The molecule has 0 saturated carbocycles. The summed E-state index contributed by atoms with van der Waals surface area (Å²) in [7, 11) is 0. The minimum atomic E-state index is -0.860. The molecule has 0 amide bonds. The minimum Gasteiger partial charge on any atom is -0.477 e. The Morgan fingerprint density at radius 2 is 2.12 bits per heavy atom. The number of aromatic carboxylic acids is 1. The molecular formula is C12H11NO2S. The van der Waals surface area contributed by atoms with Crippen LogP contribution < -0.4 is 0 Å². The van der Waals surface area contributed by atoms with Crippen molar-refractivity contribution < 1.29 is 9.90 Å². The van der Waals surface area contributed by atoms with Crippen molar-refractivity contribution in [2.75, 3.05) is 0 Å². The van der Waals surface area contributed by atoms with E-state index in [0.29, 0.717) is 4.88 Å². The van der Waals surface area contributed by atoms with Crippen molar-refractivity contribution in [3.05, 3.63) is 28.3 Å². The van der Waals surface area contributed by atoms with Crippen LogP contribution >= 0.6 is 11.3 Å². The molecular weight excluding hydrogens is 222 g/mol. The fourth-order valence-electron chi connectivity index (χ4n) is 2.20. The molecule has 0 aromatic carbocycles. The van der Waals surface area contributed by atoms with Crippen molar-refractivity contribution in [3.8, 4) is 0 Å². The van der Waals surface area contributed by atoms with E-state index in [1.807, 2.05) is 0 Å². The number of aryl methyl sites for hydroxylation is 2. The Balaban J connectivity index is 2.20. The number of rotatable bonds is 1. The second-order valence-corrected chi connectivity index (χ2v) is 5.14. The number of fused-ring (bicyclic) bond motifs is 2. The topological polar surface area (TPSA) is 50.2 Å². The van der Waals surface area contributed by atoms with Crippen LogP contribution in [0.3, 0.4) is 0 Å². The molecule has 3 nitrogen and oxygen atoms in total. The monoisotopic (exact) mass is 233 g/mol. The highest BCUT2D eigenvalue weighted by Crippen LogP contribution is 2.29. The van der Waals surface area contributed by atoms with Crippen LogP contribution in [0.4, 0.5) is 0 Å². The maximum absolute atomic E-state index is 10.9. The molecule has 0 bridgehead atoms. The lowest BCUT2D eigenvalue weighted by Crippen LogP contribution is -2.04. The van der Waals surface area contributed by atoms with E-state index < -0.39 is 5.97 Å². The average Bonchev–Trinajstić information content (AvgIpc) is 2.68. The van der Waals surface area contributed by atoms with Gasteiger partial charge in [-0.3, -0.25) is 0 Å². The summed E-state index contributed by atoms with van der Waals surface area (Å²) in [6, 6.07) is 3.84. The summed E-state index contributed by atoms with van der Waals surface area (Å²) < 4.78 is 0. The third kappa shape index (κ3) is 1.50. The molecule has 0 fully saturated rings. The number of hydrogen-bond donors (Lipinski definition) is 1. The summed E-state index contributed by atoms with van der Waals surface area (Å²) in [6.45, 7) is 0. The molecule has 0 aliphatic heterocycles. The SMILES string of the molecule is O=C(O)c1cc2cc3c(nc2s1)CCCC3. The molecule has 2 heterocycles. The van der Waals surface area contributed by atoms with E-state index in [4.69, 9.17) is 5.11 Å². The zero-order chi connectivity index (χ0) is 11.1. The van der Waals surface area contributed by atoms with Gasteiger partial charge in [0.05, 0.1) is 0 Å². The molecule has 2 aromatic heterocycles. The fraction of sp³-hybridized carbons (Fsp3) is 0.333. The number of carboxylic acids is 1. The summed E-state index contributed by atoms with van der Waals surface area (Å²) in [4.78, 5) is 16.7. The molecule has 1 N–H and O–H groups in total. The largest absolute Gasteiger partial charge is 0.477 e. The normalized spacial score (nSPS) is 15.0. The molecule has 1 aliphatic rings. The van der Waals surface area contributed by atoms with Gasteiger partial charge >= 0.3 is 5.97 Å². The van der Waals surface area contributed by atoms with Crippen molar-refractivity contribution >= 4 is 27.5 Å². The number of carbonyl (C=O) groups is 1. The van der Waals surface area contributed by atoms with Crippen LogP contribution in [0.2, 0.25) is 0 Å². The first-order valence-electron chi connectivity index (χ1n) is 5.40. The van der Waals surface area contributed by atoms with Gasteiger partial charge in [0.2, 0.25) is 0 Å². The molecule has 0 spiro atoms. The summed E-state index contributed by atoms with van der Waals surface area (Å²) in [5, 5.41) is 9.91. The Hall–Kier alpha value is -1.42. The van der Waals surface area contributed by atoms with Crippen LogP contribution in [-0.2, 0) is 12.8 Å². The smallest absolute Gasteiger partial charge is 0.345 e. The van der Waals surface area contributed by atoms with Gasteiger partial charge in [-0.15, -0.1) is 11.3 Å². The van der Waals surface area contributed by atoms with Crippen molar-refractivity contribution in [3.63, 3.8) is 0 Å². The van der Waals surface area contributed by atoms with Crippen LogP contribution in [0, 0.1) is 0 Å². The fourth-order valence-corrected chi connectivity index (χ4v) is 3.07. The van der Waals surface area contributed by atoms with Crippen LogP contribution in [0.25, 0.3) is 10.2 Å². The zero-order valence-electron chi connectivity index (χ0n) is 8.69. The van der Waals surface area contributed by atoms with E-state index >= 15 is 0 Å². The van der Waals surface area contributed by atoms with E-state index in [2.05, 4.69) is 11.1 Å². The van der Waals surface area contributed by atoms with Crippen molar-refractivity contribution in [2.24, 2.45) is 0 Å². The standard InChI is InChI=1S/C12H11NO2S/c14-12(15)10-6-8-5-7-3-1-2-4-9(7)13-11(8)16-10/h5-6H,1-4H2,(H,14,15). The van der Waals surface area contributed by atoms with Crippen LogP contribution in [0.15, 0.2) is 12.1 Å². The van der Waals surface area contributed by atoms with Crippen molar-refractivity contribution in [2.45, 2.75) is 25.7 Å². The number of thiophene rings is 1. The van der Waals surface area contributed by atoms with Gasteiger partial charge in [-0.05, 0) is 43.4 Å². The quantitative estimate of drug-likeness (QED) is 0.824. The van der Waals surface area contributed by atoms with E-state index in [-0.39, 0.29) is 0 Å². The number of carboxylic acid groups (broad SMARTS) is 1. The maximum Gasteiger partial charge on any atom is 0.345 e. The number of hydrogen-bond acceptors (Lipinski definition) is 3. The van der Waals surface area contributed by atoms with Gasteiger partial charge in [0.1, 0.15) is 9.71 Å². The molecule has 2 aromatic rings. The highest BCUT2D eigenvalue weighted by Gasteiger charge is 2.15. The first kappa shape index (κ1) is 9.78. The molecule has 0 radical (unpaired) electrons. The Labute approximate surface area is 96.7 Å². The molecule has 3 rings (SSSR count). The minimum absolute atomic E-state index is 0.379. The van der Waals surface area contributed by atoms with Crippen molar-refractivity contribution in [1.29, 1.82) is 0 Å². The van der Waals surface area contributed by atoms with E-state index in [1.54, 1.807) is 6.07 Å². The highest BCUT2D eigenvalue weighted by molar-refractivity contribution is 7.20. The van der Waals surface area contributed by atoms with Gasteiger partial charge in [-0.2, -0.15) is 0 Å². The second kappa shape index (κ2) is 3.56. The maximum atomic E-state index is 10.9. The van der Waals surface area contributed by atoms with E-state index in [1.165, 1.54) is 29.7 Å². The molecule has 16 heavy (non-hydrogen) atoms. The van der Waals surface area contributed by atoms with Gasteiger partial charge in [0.25, 0.3) is 0 Å². The van der Waals surface area contributed by atoms with E-state index in [9.17, 15) is 4.79 Å². The van der Waals surface area contributed by atoms with Crippen molar-refractivity contribution in [1.82, 2.24) is 4.98 Å². The first-order valence-corrected chi connectivity index (χ1v) is 6.21. The predicted molar refractivity (Wildman–Crippen MR) is 63.2 cm³/mol. The van der Waals surface area contributed by atoms with Gasteiger partial charge in [-0.25, -0.2) is 9.78 Å². The van der Waals surface area contributed by atoms with Gasteiger partial charge in [0, 0.05) is 11.1 Å².